The van der Waals surface area contributed by atoms with Crippen molar-refractivity contribution in [2.24, 2.45) is 0 Å². The Morgan fingerprint density at radius 2 is 1.58 bits per heavy atom. The average Bonchev–Trinajstić information content (AvgIpc) is 2.89. The van der Waals surface area contributed by atoms with Gasteiger partial charge in [0, 0.05) is 34.4 Å². The van der Waals surface area contributed by atoms with E-state index in [4.69, 9.17) is 0 Å². The Labute approximate surface area is 233 Å². The zero-order valence-electron chi connectivity index (χ0n) is 21.0. The number of hydrogen-bond acceptors (Lipinski definition) is 5. The minimum absolute atomic E-state index is 0.0140. The van der Waals surface area contributed by atoms with Gasteiger partial charge in [-0.05, 0) is 73.2 Å². The number of phenolic OH excluding ortho intramolecular Hbond substituents is 1. The lowest BCUT2D eigenvalue weighted by Gasteiger charge is -2.32. The smallest absolute Gasteiger partial charge is 0.327 e. The molecule has 8 nitrogen and oxygen atoms in total. The van der Waals surface area contributed by atoms with E-state index in [2.05, 4.69) is 15.9 Å². The lowest BCUT2D eigenvalue weighted by molar-refractivity contribution is -0.138. The van der Waals surface area contributed by atoms with Crippen LogP contribution in [0.1, 0.15) is 39.0 Å². The molecule has 38 heavy (non-hydrogen) atoms. The highest BCUT2D eigenvalue weighted by Crippen LogP contribution is 2.29. The van der Waals surface area contributed by atoms with E-state index in [1.807, 2.05) is 31.2 Å². The zero-order chi connectivity index (χ0) is 27.7. The van der Waals surface area contributed by atoms with Gasteiger partial charge < -0.3 is 19.7 Å². The molecular formula is C28H30BrN2O6S-. The highest BCUT2D eigenvalue weighted by atomic mass is 79.9. The Balaban J connectivity index is 1.71. The molecule has 0 aliphatic carbocycles. The number of unbranched alkanes of at least 4 members (excludes halogenated alkanes) is 1. The fourth-order valence-electron chi connectivity index (χ4n) is 4.18. The zero-order valence-corrected chi connectivity index (χ0v) is 23.4. The average molecular weight is 603 g/mol. The van der Waals surface area contributed by atoms with Crippen molar-refractivity contribution in [3.05, 3.63) is 77.3 Å². The van der Waals surface area contributed by atoms with Crippen molar-refractivity contribution < 1.29 is 28.6 Å². The summed E-state index contributed by atoms with van der Waals surface area (Å²) >= 11 is 0.578. The monoisotopic (exact) mass is 601 g/mol. The van der Waals surface area contributed by atoms with Gasteiger partial charge >= 0.3 is 5.97 Å². The van der Waals surface area contributed by atoms with Gasteiger partial charge in [-0.3, -0.25) is 13.3 Å². The molecule has 0 heterocycles. The van der Waals surface area contributed by atoms with E-state index in [0.717, 1.165) is 19.9 Å². The van der Waals surface area contributed by atoms with E-state index in [-0.39, 0.29) is 30.3 Å². The number of halogens is 1. The van der Waals surface area contributed by atoms with Crippen LogP contribution in [0.3, 0.4) is 0 Å². The second-order valence-electron chi connectivity index (χ2n) is 8.73. The normalized spacial score (nSPS) is 12.5. The van der Waals surface area contributed by atoms with Gasteiger partial charge in [0.05, 0.1) is 5.69 Å². The third-order valence-corrected chi connectivity index (χ3v) is 7.39. The van der Waals surface area contributed by atoms with Crippen LogP contribution >= 0.6 is 15.9 Å². The second kappa shape index (κ2) is 14.1. The molecule has 0 aliphatic heterocycles. The largest absolute Gasteiger partial charge is 0.755 e. The number of nitrogens with zero attached hydrogens (tertiary/aromatic N) is 2. The summed E-state index contributed by atoms with van der Waals surface area (Å²) in [5, 5.41) is 20.1. The van der Waals surface area contributed by atoms with Crippen LogP contribution in [0.15, 0.2) is 77.3 Å². The van der Waals surface area contributed by atoms with Gasteiger partial charge in [-0.25, -0.2) is 4.79 Å². The first-order valence-corrected chi connectivity index (χ1v) is 14.1. The molecule has 202 valence electrons. The Bertz CT molecular complexity index is 1250. The minimum atomic E-state index is -2.82. The molecule has 3 rings (SSSR count). The molecule has 0 radical (unpaired) electrons. The van der Waals surface area contributed by atoms with Crippen molar-refractivity contribution in [1.82, 2.24) is 0 Å². The Morgan fingerprint density at radius 3 is 2.13 bits per heavy atom. The topological polar surface area (TPSA) is 121 Å². The van der Waals surface area contributed by atoms with Gasteiger partial charge in [0.15, 0.2) is 0 Å². The molecule has 0 bridgehead atoms. The molecule has 2 N–H and O–H groups in total. The van der Waals surface area contributed by atoms with Gasteiger partial charge in [0.25, 0.3) is 0 Å². The number of carbonyl (C=O) groups is 2. The van der Waals surface area contributed by atoms with Crippen molar-refractivity contribution >= 4 is 50.4 Å². The van der Waals surface area contributed by atoms with Crippen LogP contribution in [0.25, 0.3) is 11.1 Å². The highest BCUT2D eigenvalue weighted by molar-refractivity contribution is 9.10. The fraction of sp³-hybridized carbons (Fsp3) is 0.286. The van der Waals surface area contributed by atoms with Crippen molar-refractivity contribution in [3.8, 4) is 16.9 Å². The Hall–Kier alpha value is -3.21. The summed E-state index contributed by atoms with van der Waals surface area (Å²) in [6, 6.07) is 19.6. The summed E-state index contributed by atoms with van der Waals surface area (Å²) in [4.78, 5) is 26.3. The highest BCUT2D eigenvalue weighted by Gasteiger charge is 2.27. The fourth-order valence-corrected chi connectivity index (χ4v) is 5.14. The standard InChI is InChI=1S/C28H31BrN2O6S/c1-2-7-27(33)30(24-8-3-4-10-26(24)32)19-6-5-9-25(28(34)35)31(38(36)37)23-17-13-21(14-18-23)20-11-15-22(29)16-12-20/h3-4,8,10-18,25,32H,2,5-7,9,19H2,1H3,(H,34,35)(H,36,37)/p-1. The molecule has 0 aliphatic rings. The summed E-state index contributed by atoms with van der Waals surface area (Å²) in [5.74, 6) is -1.41. The second-order valence-corrected chi connectivity index (χ2v) is 10.5. The van der Waals surface area contributed by atoms with Crippen molar-refractivity contribution in [2.45, 2.75) is 45.1 Å². The summed E-state index contributed by atoms with van der Waals surface area (Å²) in [7, 11) is 0. The summed E-state index contributed by atoms with van der Waals surface area (Å²) in [6.45, 7) is 2.16. The number of hydrogen-bond donors (Lipinski definition) is 2. The van der Waals surface area contributed by atoms with Crippen molar-refractivity contribution in [3.63, 3.8) is 0 Å². The first-order chi connectivity index (χ1) is 18.2. The van der Waals surface area contributed by atoms with Crippen LogP contribution in [0, 0.1) is 0 Å². The Kier molecular flexibility index (Phi) is 10.9. The summed E-state index contributed by atoms with van der Waals surface area (Å²) in [6.07, 6.45) is 1.79. The number of aromatic hydroxyl groups is 1. The van der Waals surface area contributed by atoms with E-state index in [1.54, 1.807) is 42.5 Å². The summed E-state index contributed by atoms with van der Waals surface area (Å²) in [5.41, 5.74) is 2.45. The molecular weight excluding hydrogens is 572 g/mol. The number of phenols is 1. The maximum atomic E-state index is 12.7. The van der Waals surface area contributed by atoms with E-state index in [9.17, 15) is 28.6 Å². The van der Waals surface area contributed by atoms with Gasteiger partial charge in [0.2, 0.25) is 5.91 Å². The van der Waals surface area contributed by atoms with Crippen LogP contribution in [0.4, 0.5) is 11.4 Å². The maximum Gasteiger partial charge on any atom is 0.327 e. The van der Waals surface area contributed by atoms with E-state index < -0.39 is 23.3 Å². The van der Waals surface area contributed by atoms with Crippen LogP contribution in [0.5, 0.6) is 5.75 Å². The van der Waals surface area contributed by atoms with Gasteiger partial charge in [-0.15, -0.1) is 0 Å². The molecule has 1 amide bonds. The van der Waals surface area contributed by atoms with Gasteiger partial charge in [-0.2, -0.15) is 0 Å². The van der Waals surface area contributed by atoms with E-state index >= 15 is 0 Å². The molecule has 2 atom stereocenters. The number of amides is 1. The predicted molar refractivity (Wildman–Crippen MR) is 152 cm³/mol. The number of para-hydroxylation sites is 2. The number of carboxylic acids is 1. The quantitative estimate of drug-likeness (QED) is 0.186. The van der Waals surface area contributed by atoms with Crippen LogP contribution in [-0.2, 0) is 20.9 Å². The molecule has 0 saturated carbocycles. The number of aliphatic carboxylic acids is 1. The van der Waals surface area contributed by atoms with Gasteiger partial charge in [0.1, 0.15) is 11.8 Å². The minimum Gasteiger partial charge on any atom is -0.755 e. The molecule has 10 heteroatoms. The first-order valence-electron chi connectivity index (χ1n) is 12.3. The van der Waals surface area contributed by atoms with Crippen LogP contribution in [-0.4, -0.2) is 43.4 Å². The van der Waals surface area contributed by atoms with Crippen molar-refractivity contribution in [1.29, 1.82) is 0 Å². The summed E-state index contributed by atoms with van der Waals surface area (Å²) < 4.78 is 26.1. The first kappa shape index (κ1) is 29.3. The number of anilines is 2. The number of benzene rings is 3. The molecule has 2 unspecified atom stereocenters. The number of carboxylic acid groups (broad SMARTS) is 1. The molecule has 3 aromatic carbocycles. The predicted octanol–water partition coefficient (Wildman–Crippen LogP) is 5.88. The third-order valence-electron chi connectivity index (χ3n) is 6.07. The molecule has 0 spiro atoms. The van der Waals surface area contributed by atoms with E-state index in [0.29, 0.717) is 31.4 Å². The molecule has 0 fully saturated rings. The molecule has 3 aromatic rings. The van der Waals surface area contributed by atoms with Crippen molar-refractivity contribution in [2.75, 3.05) is 15.7 Å². The van der Waals surface area contributed by atoms with Crippen LogP contribution < -0.4 is 9.21 Å². The number of rotatable bonds is 13. The lowest BCUT2D eigenvalue weighted by Crippen LogP contribution is -2.42. The van der Waals surface area contributed by atoms with E-state index in [1.165, 1.54) is 11.0 Å². The Morgan fingerprint density at radius 1 is 0.974 bits per heavy atom. The molecule has 0 saturated heterocycles. The number of carbonyl (C=O) groups excluding carboxylic acids is 1. The maximum absolute atomic E-state index is 12.7. The van der Waals surface area contributed by atoms with Crippen LogP contribution in [0.2, 0.25) is 0 Å². The third kappa shape index (κ3) is 7.66. The SMILES string of the molecule is CCCC(=O)N(CCCCC(C(=O)O)N(c1ccc(-c2ccc(Br)cc2)cc1)S(=O)[O-])c1ccccc1O. The van der Waals surface area contributed by atoms with Gasteiger partial charge in [-0.1, -0.05) is 59.3 Å². The lowest BCUT2D eigenvalue weighted by atomic mass is 10.0. The molecule has 0 aromatic heterocycles.